The van der Waals surface area contributed by atoms with Gasteiger partial charge in [0.05, 0.1) is 17.0 Å². The van der Waals surface area contributed by atoms with Gasteiger partial charge in [-0.05, 0) is 23.8 Å². The fraction of sp³-hybridized carbons (Fsp3) is 0.316. The van der Waals surface area contributed by atoms with Gasteiger partial charge in [-0.25, -0.2) is 17.2 Å². The molecular weight excluding hydrogens is 447 g/mol. The zero-order valence-electron chi connectivity index (χ0n) is 15.4. The van der Waals surface area contributed by atoms with Crippen LogP contribution < -0.4 is 9.64 Å². The highest BCUT2D eigenvalue weighted by molar-refractivity contribution is 7.92. The summed E-state index contributed by atoms with van der Waals surface area (Å²) >= 11 is 0. The summed E-state index contributed by atoms with van der Waals surface area (Å²) < 4.78 is 97.0. The number of sulfone groups is 1. The molecule has 2 unspecified atom stereocenters. The van der Waals surface area contributed by atoms with Crippen molar-refractivity contribution in [1.29, 1.82) is 5.26 Å². The predicted octanol–water partition coefficient (Wildman–Crippen LogP) is 3.45. The van der Waals surface area contributed by atoms with Gasteiger partial charge in [-0.2, -0.15) is 18.4 Å². The first-order valence-electron chi connectivity index (χ1n) is 8.90. The van der Waals surface area contributed by atoms with Crippen LogP contribution in [0.3, 0.4) is 0 Å². The fourth-order valence-corrected chi connectivity index (χ4v) is 4.95. The van der Waals surface area contributed by atoms with E-state index in [4.69, 9.17) is 4.74 Å². The summed E-state index contributed by atoms with van der Waals surface area (Å²) in [6.45, 7) is 0.0818. The number of benzene rings is 2. The minimum atomic E-state index is -5.86. The normalized spacial score (nSPS) is 20.6. The van der Waals surface area contributed by atoms with Gasteiger partial charge in [-0.1, -0.05) is 0 Å². The Balaban J connectivity index is 1.97. The Hall–Kier alpha value is -2.91. The van der Waals surface area contributed by atoms with Gasteiger partial charge in [0, 0.05) is 23.7 Å². The van der Waals surface area contributed by atoms with E-state index in [1.165, 1.54) is 4.90 Å². The molecule has 0 saturated carbocycles. The lowest BCUT2D eigenvalue weighted by Crippen LogP contribution is -2.31. The summed E-state index contributed by atoms with van der Waals surface area (Å²) in [4.78, 5) is 0.198. The standard InChI is InChI=1S/C19H13F5N2O4S/c20-10-5-9(8-25)17-14(6-10)30-4-3-26(17)13-1-2-15(31(28,29)19(22,23)24)16-11(13)7-12(21)18(16)27/h1-2,5-6,12,18,27H,3-4,7H2. The number of hydrogen-bond donors (Lipinski definition) is 1. The monoisotopic (exact) mass is 460 g/mol. The van der Waals surface area contributed by atoms with Gasteiger partial charge in [0.1, 0.15) is 42.2 Å². The molecule has 2 aromatic rings. The number of halogens is 5. The Morgan fingerprint density at radius 2 is 1.97 bits per heavy atom. The summed E-state index contributed by atoms with van der Waals surface area (Å²) in [7, 11) is -5.86. The molecule has 31 heavy (non-hydrogen) atoms. The molecule has 0 aromatic heterocycles. The van der Waals surface area contributed by atoms with Crippen LogP contribution in [-0.2, 0) is 16.3 Å². The van der Waals surface area contributed by atoms with Crippen LogP contribution in [0.25, 0.3) is 0 Å². The highest BCUT2D eigenvalue weighted by atomic mass is 32.2. The van der Waals surface area contributed by atoms with Crippen LogP contribution in [0.2, 0.25) is 0 Å². The van der Waals surface area contributed by atoms with Crippen molar-refractivity contribution < 1.29 is 40.2 Å². The van der Waals surface area contributed by atoms with Crippen LogP contribution in [0, 0.1) is 17.1 Å². The van der Waals surface area contributed by atoms with Crippen molar-refractivity contribution in [2.75, 3.05) is 18.1 Å². The molecule has 164 valence electrons. The third-order valence-electron chi connectivity index (χ3n) is 5.22. The number of hydrogen-bond acceptors (Lipinski definition) is 6. The van der Waals surface area contributed by atoms with Crippen molar-refractivity contribution in [3.05, 3.63) is 46.8 Å². The number of rotatable bonds is 2. The van der Waals surface area contributed by atoms with Crippen molar-refractivity contribution >= 4 is 21.2 Å². The number of alkyl halides is 4. The summed E-state index contributed by atoms with van der Waals surface area (Å²) in [5.41, 5.74) is -6.37. The van der Waals surface area contributed by atoms with Crippen LogP contribution >= 0.6 is 0 Å². The van der Waals surface area contributed by atoms with Crippen molar-refractivity contribution in [2.24, 2.45) is 0 Å². The average Bonchev–Trinajstić information content (AvgIpc) is 2.99. The third-order valence-corrected chi connectivity index (χ3v) is 6.76. The molecule has 12 heteroatoms. The van der Waals surface area contributed by atoms with E-state index in [2.05, 4.69) is 0 Å². The minimum Gasteiger partial charge on any atom is -0.489 e. The Morgan fingerprint density at radius 3 is 2.61 bits per heavy atom. The molecule has 2 aromatic carbocycles. The lowest BCUT2D eigenvalue weighted by Gasteiger charge is -2.33. The number of fused-ring (bicyclic) bond motifs is 2. The summed E-state index contributed by atoms with van der Waals surface area (Å²) in [6, 6.07) is 5.49. The molecule has 4 rings (SSSR count). The highest BCUT2D eigenvalue weighted by Crippen LogP contribution is 2.48. The van der Waals surface area contributed by atoms with Crippen molar-refractivity contribution in [1.82, 2.24) is 0 Å². The van der Waals surface area contributed by atoms with Crippen molar-refractivity contribution in [3.63, 3.8) is 0 Å². The summed E-state index contributed by atoms with van der Waals surface area (Å²) in [5.74, 6) is -0.743. The topological polar surface area (TPSA) is 90.6 Å². The number of nitrogens with zero attached hydrogens (tertiary/aromatic N) is 2. The first-order valence-corrected chi connectivity index (χ1v) is 10.4. The van der Waals surface area contributed by atoms with Crippen molar-refractivity contribution in [3.8, 4) is 11.8 Å². The maximum absolute atomic E-state index is 14.3. The van der Waals surface area contributed by atoms with Crippen LogP contribution in [-0.4, -0.2) is 38.4 Å². The maximum atomic E-state index is 14.3. The Bertz CT molecular complexity index is 1220. The Kier molecular flexibility index (Phi) is 4.86. The largest absolute Gasteiger partial charge is 0.501 e. The second-order valence-corrected chi connectivity index (χ2v) is 8.91. The minimum absolute atomic E-state index is 0.00103. The molecule has 6 nitrogen and oxygen atoms in total. The maximum Gasteiger partial charge on any atom is 0.501 e. The van der Waals surface area contributed by atoms with E-state index in [1.54, 1.807) is 6.07 Å². The quantitative estimate of drug-likeness (QED) is 0.691. The van der Waals surface area contributed by atoms with Gasteiger partial charge in [-0.15, -0.1) is 0 Å². The van der Waals surface area contributed by atoms with Crippen LogP contribution in [0.1, 0.15) is 22.8 Å². The molecule has 2 atom stereocenters. The molecule has 0 bridgehead atoms. The Morgan fingerprint density at radius 1 is 1.26 bits per heavy atom. The molecule has 2 aliphatic rings. The van der Waals surface area contributed by atoms with Gasteiger partial charge >= 0.3 is 5.51 Å². The fourth-order valence-electron chi connectivity index (χ4n) is 3.92. The summed E-state index contributed by atoms with van der Waals surface area (Å²) in [6.07, 6.45) is -4.64. The molecular formula is C19H13F5N2O4S. The predicted molar refractivity (Wildman–Crippen MR) is 96.9 cm³/mol. The van der Waals surface area contributed by atoms with Crippen molar-refractivity contribution in [2.45, 2.75) is 29.1 Å². The first-order chi connectivity index (χ1) is 14.5. The third kappa shape index (κ3) is 3.19. The molecule has 1 aliphatic heterocycles. The van der Waals surface area contributed by atoms with E-state index in [0.29, 0.717) is 6.07 Å². The molecule has 0 radical (unpaired) electrons. The smallest absolute Gasteiger partial charge is 0.489 e. The van der Waals surface area contributed by atoms with Gasteiger partial charge < -0.3 is 14.7 Å². The number of aliphatic hydroxyl groups excluding tert-OH is 1. The van der Waals surface area contributed by atoms with Crippen LogP contribution in [0.5, 0.6) is 5.75 Å². The van der Waals surface area contributed by atoms with E-state index in [9.17, 15) is 40.7 Å². The van der Waals surface area contributed by atoms with Gasteiger partial charge in [0.15, 0.2) is 0 Å². The second kappa shape index (κ2) is 7.06. The zero-order valence-corrected chi connectivity index (χ0v) is 16.3. The van der Waals surface area contributed by atoms with Gasteiger partial charge in [0.2, 0.25) is 0 Å². The molecule has 0 spiro atoms. The molecule has 0 amide bonds. The lowest BCUT2D eigenvalue weighted by molar-refractivity contribution is -0.0437. The second-order valence-electron chi connectivity index (χ2n) is 7.00. The molecule has 1 N–H and O–H groups in total. The first kappa shape index (κ1) is 21.3. The SMILES string of the molecule is N#Cc1cc(F)cc2c1N(c1ccc(S(=O)(=O)C(F)(F)F)c3c1CC(F)C3O)CCO2. The van der Waals surface area contributed by atoms with E-state index in [1.807, 2.05) is 0 Å². The highest BCUT2D eigenvalue weighted by Gasteiger charge is 2.50. The number of aliphatic hydroxyl groups is 1. The summed E-state index contributed by atoms with van der Waals surface area (Å²) in [5, 5.41) is 19.6. The van der Waals surface area contributed by atoms with Crippen LogP contribution in [0.4, 0.5) is 33.3 Å². The molecule has 0 fully saturated rings. The van der Waals surface area contributed by atoms with E-state index >= 15 is 0 Å². The van der Waals surface area contributed by atoms with Crippen LogP contribution in [0.15, 0.2) is 29.2 Å². The van der Waals surface area contributed by atoms with E-state index in [0.717, 1.165) is 18.2 Å². The van der Waals surface area contributed by atoms with Gasteiger partial charge in [0.25, 0.3) is 9.84 Å². The molecule has 0 saturated heterocycles. The number of nitriles is 1. The van der Waals surface area contributed by atoms with Gasteiger partial charge in [-0.3, -0.25) is 0 Å². The Labute approximate surface area is 173 Å². The zero-order chi connectivity index (χ0) is 22.7. The lowest BCUT2D eigenvalue weighted by atomic mass is 10.0. The molecule has 1 heterocycles. The molecule has 1 aliphatic carbocycles. The van der Waals surface area contributed by atoms with E-state index in [-0.39, 0.29) is 41.4 Å². The average molecular weight is 460 g/mol. The number of ether oxygens (including phenoxy) is 1. The van der Waals surface area contributed by atoms with E-state index < -0.39 is 50.3 Å². The number of anilines is 2.